The summed E-state index contributed by atoms with van der Waals surface area (Å²) in [7, 11) is -1.32. The van der Waals surface area contributed by atoms with Gasteiger partial charge < -0.3 is 34.4 Å². The molecule has 2 saturated heterocycles. The summed E-state index contributed by atoms with van der Waals surface area (Å²) >= 11 is 0. The van der Waals surface area contributed by atoms with Gasteiger partial charge in [0.2, 0.25) is 5.91 Å². The molecule has 2 aliphatic rings. The number of hydrogen-bond donors (Lipinski definition) is 2. The molecule has 0 bridgehead atoms. The molecule has 9 nitrogen and oxygen atoms in total. The number of amides is 3. The monoisotopic (exact) mass is 543 g/mol. The molecule has 2 N–H and O–H groups in total. The molecule has 36 heavy (non-hydrogen) atoms. The fourth-order valence-corrected chi connectivity index (χ4v) is 8.07. The van der Waals surface area contributed by atoms with Gasteiger partial charge in [-0.05, 0) is 32.1 Å². The van der Waals surface area contributed by atoms with Crippen LogP contribution in [0, 0.1) is 0 Å². The van der Waals surface area contributed by atoms with E-state index < -0.39 is 16.4 Å². The molecular formula is C25H53N5O4Si2. The first kappa shape index (κ1) is 31.2. The average Bonchev–Trinajstić information content (AvgIpc) is 2.85. The van der Waals surface area contributed by atoms with Gasteiger partial charge in [-0.3, -0.25) is 4.79 Å². The van der Waals surface area contributed by atoms with E-state index in [1.54, 1.807) is 0 Å². The van der Waals surface area contributed by atoms with E-state index >= 15 is 0 Å². The standard InChI is InChI=1S/C25H53N5O4Si2/c1-34-36(4,5)22-28-13-17-29(18-14-28)24(32)11-9-7-6-8-10-12-26-25(33)30-19-15-27(16-20-30)21-35(2,3)23-31/h31H,6-23H2,1-5H3,(H,26,33). The summed E-state index contributed by atoms with van der Waals surface area (Å²) in [6, 6.07) is 0.0483. The van der Waals surface area contributed by atoms with Crippen molar-refractivity contribution < 1.29 is 19.1 Å². The first-order valence-corrected chi connectivity index (χ1v) is 20.5. The summed E-state index contributed by atoms with van der Waals surface area (Å²) < 4.78 is 5.66. The summed E-state index contributed by atoms with van der Waals surface area (Å²) in [4.78, 5) is 33.7. The Hall–Kier alpha value is -0.986. The summed E-state index contributed by atoms with van der Waals surface area (Å²) in [6.07, 6.45) is 8.20. The Bertz CT molecular complexity index is 611. The Morgan fingerprint density at radius 3 is 1.89 bits per heavy atom. The van der Waals surface area contributed by atoms with Crippen LogP contribution in [-0.4, -0.2) is 138 Å². The van der Waals surface area contributed by atoms with Crippen molar-refractivity contribution in [3.63, 3.8) is 0 Å². The summed E-state index contributed by atoms with van der Waals surface area (Å²) in [5.74, 6) is 0.299. The Balaban J connectivity index is 1.45. The predicted octanol–water partition coefficient (Wildman–Crippen LogP) is 1.97. The quantitative estimate of drug-likeness (QED) is 0.257. The molecule has 2 fully saturated rings. The van der Waals surface area contributed by atoms with Crippen LogP contribution in [0.1, 0.15) is 38.5 Å². The highest BCUT2D eigenvalue weighted by molar-refractivity contribution is 6.77. The summed E-state index contributed by atoms with van der Waals surface area (Å²) in [5, 5.41) is 12.6. The molecule has 0 aliphatic carbocycles. The molecule has 0 radical (unpaired) electrons. The highest BCUT2D eigenvalue weighted by Crippen LogP contribution is 2.12. The normalized spacial score (nSPS) is 18.5. The van der Waals surface area contributed by atoms with Gasteiger partial charge in [-0.2, -0.15) is 0 Å². The minimum absolute atomic E-state index is 0.0483. The van der Waals surface area contributed by atoms with Gasteiger partial charge in [-0.25, -0.2) is 4.79 Å². The molecule has 0 aromatic rings. The van der Waals surface area contributed by atoms with Crippen LogP contribution < -0.4 is 5.32 Å². The van der Waals surface area contributed by atoms with Gasteiger partial charge in [0.25, 0.3) is 0 Å². The van der Waals surface area contributed by atoms with E-state index in [9.17, 15) is 14.7 Å². The molecule has 3 amide bonds. The van der Waals surface area contributed by atoms with E-state index in [0.717, 1.165) is 103 Å². The van der Waals surface area contributed by atoms with Gasteiger partial charge in [0.15, 0.2) is 8.32 Å². The highest BCUT2D eigenvalue weighted by Gasteiger charge is 2.29. The Morgan fingerprint density at radius 1 is 0.778 bits per heavy atom. The number of urea groups is 1. The molecule has 210 valence electrons. The molecule has 0 aromatic heterocycles. The summed E-state index contributed by atoms with van der Waals surface area (Å²) in [6.45, 7) is 16.5. The molecule has 0 spiro atoms. The zero-order chi connectivity index (χ0) is 26.6. The molecule has 0 aromatic carbocycles. The smallest absolute Gasteiger partial charge is 0.317 e. The fraction of sp³-hybridized carbons (Fsp3) is 0.920. The molecule has 11 heteroatoms. The van der Waals surface area contributed by atoms with Crippen molar-refractivity contribution in [1.82, 2.24) is 24.9 Å². The number of nitrogens with one attached hydrogen (secondary N) is 1. The Labute approximate surface area is 221 Å². The van der Waals surface area contributed by atoms with Crippen molar-refractivity contribution in [3.05, 3.63) is 0 Å². The number of piperazine rings is 2. The number of carbonyl (C=O) groups excluding carboxylic acids is 2. The second kappa shape index (κ2) is 15.4. The van der Waals surface area contributed by atoms with E-state index in [0.29, 0.717) is 18.6 Å². The number of aliphatic hydroxyl groups excluding tert-OH is 1. The average molecular weight is 544 g/mol. The Morgan fingerprint density at radius 2 is 1.31 bits per heavy atom. The predicted molar refractivity (Wildman–Crippen MR) is 151 cm³/mol. The molecule has 2 rings (SSSR count). The third-order valence-electron chi connectivity index (χ3n) is 7.46. The molecule has 0 saturated carbocycles. The minimum atomic E-state index is -1.59. The van der Waals surface area contributed by atoms with Crippen molar-refractivity contribution >= 4 is 28.3 Å². The van der Waals surface area contributed by atoms with Gasteiger partial charge >= 0.3 is 6.03 Å². The zero-order valence-corrected chi connectivity index (χ0v) is 25.7. The number of unbranched alkanes of at least 4 members (excludes halogenated alkanes) is 4. The van der Waals surface area contributed by atoms with Crippen molar-refractivity contribution in [2.75, 3.05) is 84.6 Å². The minimum Gasteiger partial charge on any atom is -0.419 e. The lowest BCUT2D eigenvalue weighted by molar-refractivity contribution is -0.132. The van der Waals surface area contributed by atoms with Crippen molar-refractivity contribution in [1.29, 1.82) is 0 Å². The van der Waals surface area contributed by atoms with E-state index in [1.165, 1.54) is 0 Å². The number of hydrogen-bond acceptors (Lipinski definition) is 6. The zero-order valence-electron chi connectivity index (χ0n) is 23.7. The third kappa shape index (κ3) is 11.6. The molecule has 0 atom stereocenters. The largest absolute Gasteiger partial charge is 0.419 e. The lowest BCUT2D eigenvalue weighted by atomic mass is 10.1. The molecule has 0 unspecified atom stereocenters. The number of carbonyl (C=O) groups is 2. The second-order valence-electron chi connectivity index (χ2n) is 12.0. The third-order valence-corrected chi connectivity index (χ3v) is 11.9. The SMILES string of the molecule is CO[Si](C)(C)CN1CCN(C(=O)CCCCCCCNC(=O)N2CCN(C[Si](C)(C)CO)CC2)CC1. The fourth-order valence-electron chi connectivity index (χ4n) is 4.92. The van der Waals surface area contributed by atoms with Gasteiger partial charge in [0.05, 0.1) is 8.07 Å². The topological polar surface area (TPSA) is 88.6 Å². The van der Waals surface area contributed by atoms with Crippen LogP contribution in [0.4, 0.5) is 4.79 Å². The first-order chi connectivity index (χ1) is 17.0. The molecular weight excluding hydrogens is 490 g/mol. The van der Waals surface area contributed by atoms with Crippen LogP contribution in [0.5, 0.6) is 0 Å². The van der Waals surface area contributed by atoms with Crippen LogP contribution in [0.25, 0.3) is 0 Å². The number of rotatable bonds is 14. The molecule has 2 heterocycles. The van der Waals surface area contributed by atoms with E-state index in [-0.39, 0.29) is 6.03 Å². The summed E-state index contributed by atoms with van der Waals surface area (Å²) in [5.41, 5.74) is 0. The number of nitrogens with zero attached hydrogens (tertiary/aromatic N) is 4. The maximum atomic E-state index is 12.5. The van der Waals surface area contributed by atoms with E-state index in [4.69, 9.17) is 4.43 Å². The lowest BCUT2D eigenvalue weighted by Gasteiger charge is -2.37. The highest BCUT2D eigenvalue weighted by atomic mass is 28.4. The Kier molecular flexibility index (Phi) is 13.4. The van der Waals surface area contributed by atoms with Crippen LogP contribution >= 0.6 is 0 Å². The van der Waals surface area contributed by atoms with Crippen LogP contribution in [-0.2, 0) is 9.22 Å². The van der Waals surface area contributed by atoms with E-state index in [1.807, 2.05) is 16.9 Å². The van der Waals surface area contributed by atoms with Crippen LogP contribution in [0.3, 0.4) is 0 Å². The lowest BCUT2D eigenvalue weighted by Crippen LogP contribution is -2.56. The van der Waals surface area contributed by atoms with Crippen LogP contribution in [0.15, 0.2) is 0 Å². The molecule has 2 aliphatic heterocycles. The van der Waals surface area contributed by atoms with Gasteiger partial charge in [-0.15, -0.1) is 0 Å². The van der Waals surface area contributed by atoms with E-state index in [2.05, 4.69) is 41.3 Å². The maximum Gasteiger partial charge on any atom is 0.317 e. The number of aliphatic hydroxyl groups is 1. The first-order valence-electron chi connectivity index (χ1n) is 14.0. The maximum absolute atomic E-state index is 12.5. The van der Waals surface area contributed by atoms with Crippen molar-refractivity contribution in [2.24, 2.45) is 0 Å². The van der Waals surface area contributed by atoms with Crippen molar-refractivity contribution in [3.8, 4) is 0 Å². The second-order valence-corrected chi connectivity index (χ2v) is 21.2. The van der Waals surface area contributed by atoms with Gasteiger partial charge in [0, 0.05) is 84.8 Å². The van der Waals surface area contributed by atoms with Crippen LogP contribution in [0.2, 0.25) is 26.2 Å². The van der Waals surface area contributed by atoms with Gasteiger partial charge in [-0.1, -0.05) is 32.4 Å². The van der Waals surface area contributed by atoms with Gasteiger partial charge in [0.1, 0.15) is 0 Å². The van der Waals surface area contributed by atoms with Crippen molar-refractivity contribution in [2.45, 2.75) is 64.7 Å².